The number of sulfonamides is 1. The van der Waals surface area contributed by atoms with Crippen LogP contribution in [-0.4, -0.2) is 26.4 Å². The van der Waals surface area contributed by atoms with Crippen LogP contribution in [0.25, 0.3) is 0 Å². The maximum atomic E-state index is 13.4. The number of nitrogens with zero attached hydrogens (tertiary/aromatic N) is 1. The van der Waals surface area contributed by atoms with E-state index in [1.54, 1.807) is 24.3 Å². The van der Waals surface area contributed by atoms with Crippen molar-refractivity contribution in [3.8, 4) is 0 Å². The molecule has 0 aromatic heterocycles. The third kappa shape index (κ3) is 5.32. The molecular weight excluding hydrogens is 431 g/mol. The molecule has 1 N–H and O–H groups in total. The predicted octanol–water partition coefficient (Wildman–Crippen LogP) is 5.29. The SMILES string of the molecule is C=CCN(c1ccccc1Cl)S(=O)(=O)c1cc(C(=O)NC(C)(C)CC)ccc1Cl. The summed E-state index contributed by atoms with van der Waals surface area (Å²) in [6.07, 6.45) is 2.17. The van der Waals surface area contributed by atoms with Gasteiger partial charge in [-0.1, -0.05) is 48.3 Å². The number of amides is 1. The number of hydrogen-bond acceptors (Lipinski definition) is 3. The van der Waals surface area contributed by atoms with Crippen LogP contribution in [0.2, 0.25) is 10.0 Å². The van der Waals surface area contributed by atoms with Gasteiger partial charge < -0.3 is 5.32 Å². The van der Waals surface area contributed by atoms with Crippen LogP contribution < -0.4 is 9.62 Å². The van der Waals surface area contributed by atoms with Crippen molar-refractivity contribution in [1.82, 2.24) is 5.32 Å². The molecule has 0 fully saturated rings. The second-order valence-electron chi connectivity index (χ2n) is 7.11. The Morgan fingerprint density at radius 2 is 1.83 bits per heavy atom. The van der Waals surface area contributed by atoms with Crippen molar-refractivity contribution in [3.05, 3.63) is 70.7 Å². The van der Waals surface area contributed by atoms with E-state index in [1.165, 1.54) is 24.3 Å². The minimum Gasteiger partial charge on any atom is -0.347 e. The van der Waals surface area contributed by atoms with Crippen LogP contribution in [0.3, 0.4) is 0 Å². The first-order chi connectivity index (χ1) is 13.5. The monoisotopic (exact) mass is 454 g/mol. The maximum absolute atomic E-state index is 13.4. The lowest BCUT2D eigenvalue weighted by Crippen LogP contribution is -2.42. The Morgan fingerprint density at radius 1 is 1.17 bits per heavy atom. The van der Waals surface area contributed by atoms with E-state index in [1.807, 2.05) is 20.8 Å². The Kier molecular flexibility index (Phi) is 7.38. The van der Waals surface area contributed by atoms with Gasteiger partial charge in [0.1, 0.15) is 4.90 Å². The molecular formula is C21H24Cl2N2O3S. The average Bonchev–Trinajstić information content (AvgIpc) is 2.66. The summed E-state index contributed by atoms with van der Waals surface area (Å²) in [4.78, 5) is 12.5. The van der Waals surface area contributed by atoms with E-state index in [4.69, 9.17) is 23.2 Å². The van der Waals surface area contributed by atoms with Crippen LogP contribution in [0.5, 0.6) is 0 Å². The van der Waals surface area contributed by atoms with Crippen molar-refractivity contribution in [1.29, 1.82) is 0 Å². The van der Waals surface area contributed by atoms with Crippen molar-refractivity contribution in [2.75, 3.05) is 10.8 Å². The standard InChI is InChI=1S/C21H24Cl2N2O3S/c1-5-13-25(18-10-8-7-9-16(18)22)29(27,28)19-14-15(11-12-17(19)23)20(26)24-21(3,4)6-2/h5,7-12,14H,1,6,13H2,2-4H3,(H,24,26). The molecule has 0 saturated carbocycles. The summed E-state index contributed by atoms with van der Waals surface area (Å²) in [5.74, 6) is -0.377. The lowest BCUT2D eigenvalue weighted by Gasteiger charge is -2.26. The fraction of sp³-hybridized carbons (Fsp3) is 0.286. The molecule has 2 aromatic rings. The molecule has 0 radical (unpaired) electrons. The van der Waals surface area contributed by atoms with Gasteiger partial charge in [-0.25, -0.2) is 8.42 Å². The molecule has 0 aliphatic rings. The van der Waals surface area contributed by atoms with Crippen molar-refractivity contribution in [2.24, 2.45) is 0 Å². The van der Waals surface area contributed by atoms with Gasteiger partial charge in [-0.05, 0) is 50.6 Å². The number of rotatable bonds is 8. The molecule has 0 bridgehead atoms. The van der Waals surface area contributed by atoms with Gasteiger partial charge in [0.25, 0.3) is 15.9 Å². The number of carbonyl (C=O) groups excluding carboxylic acids is 1. The van der Waals surface area contributed by atoms with E-state index in [-0.39, 0.29) is 33.0 Å². The van der Waals surface area contributed by atoms with Crippen LogP contribution in [0.1, 0.15) is 37.6 Å². The molecule has 29 heavy (non-hydrogen) atoms. The summed E-state index contributed by atoms with van der Waals surface area (Å²) in [5, 5.41) is 3.17. The summed E-state index contributed by atoms with van der Waals surface area (Å²) in [7, 11) is -4.11. The van der Waals surface area contributed by atoms with Crippen molar-refractivity contribution < 1.29 is 13.2 Å². The van der Waals surface area contributed by atoms with Crippen LogP contribution in [0.4, 0.5) is 5.69 Å². The van der Waals surface area contributed by atoms with Gasteiger partial charge in [-0.15, -0.1) is 6.58 Å². The summed E-state index contributed by atoms with van der Waals surface area (Å²) in [6.45, 7) is 9.36. The van der Waals surface area contributed by atoms with Gasteiger partial charge >= 0.3 is 0 Å². The summed E-state index contributed by atoms with van der Waals surface area (Å²) in [6, 6.07) is 10.8. The number of para-hydroxylation sites is 1. The van der Waals surface area contributed by atoms with Crippen LogP contribution in [0.15, 0.2) is 60.0 Å². The molecule has 0 spiro atoms. The fourth-order valence-electron chi connectivity index (χ4n) is 2.53. The van der Waals surface area contributed by atoms with E-state index in [0.717, 1.165) is 10.7 Å². The van der Waals surface area contributed by atoms with Gasteiger partial charge in [0.05, 0.1) is 22.3 Å². The molecule has 5 nitrogen and oxygen atoms in total. The molecule has 0 aliphatic heterocycles. The molecule has 156 valence electrons. The van der Waals surface area contributed by atoms with E-state index in [0.29, 0.717) is 5.69 Å². The molecule has 0 saturated heterocycles. The van der Waals surface area contributed by atoms with Crippen LogP contribution in [0, 0.1) is 0 Å². The van der Waals surface area contributed by atoms with Gasteiger partial charge in [0.2, 0.25) is 0 Å². The normalized spacial score (nSPS) is 11.8. The van der Waals surface area contributed by atoms with Gasteiger partial charge in [-0.2, -0.15) is 0 Å². The quantitative estimate of drug-likeness (QED) is 0.550. The molecule has 0 atom stereocenters. The highest BCUT2D eigenvalue weighted by Gasteiger charge is 2.29. The Morgan fingerprint density at radius 3 is 2.41 bits per heavy atom. The number of anilines is 1. The third-order valence-electron chi connectivity index (χ3n) is 4.51. The minimum atomic E-state index is -4.11. The molecule has 2 rings (SSSR count). The smallest absolute Gasteiger partial charge is 0.266 e. The largest absolute Gasteiger partial charge is 0.347 e. The first-order valence-corrected chi connectivity index (χ1v) is 11.2. The Bertz CT molecular complexity index is 1020. The number of benzene rings is 2. The first-order valence-electron chi connectivity index (χ1n) is 9.03. The summed E-state index contributed by atoms with van der Waals surface area (Å²) in [5.41, 5.74) is 0.0710. The second kappa shape index (κ2) is 9.20. The van der Waals surface area contributed by atoms with E-state index in [9.17, 15) is 13.2 Å². The molecule has 0 heterocycles. The number of nitrogens with one attached hydrogen (secondary N) is 1. The predicted molar refractivity (Wildman–Crippen MR) is 119 cm³/mol. The Balaban J connectivity index is 2.54. The average molecular weight is 455 g/mol. The van der Waals surface area contributed by atoms with Gasteiger partial charge in [0.15, 0.2) is 0 Å². The second-order valence-corrected chi connectivity index (χ2v) is 9.76. The molecule has 8 heteroatoms. The highest BCUT2D eigenvalue weighted by atomic mass is 35.5. The van der Waals surface area contributed by atoms with Gasteiger partial charge in [0, 0.05) is 11.1 Å². The first kappa shape index (κ1) is 23.3. The van der Waals surface area contributed by atoms with E-state index >= 15 is 0 Å². The van der Waals surface area contributed by atoms with Crippen LogP contribution in [-0.2, 0) is 10.0 Å². The molecule has 2 aromatic carbocycles. The minimum absolute atomic E-state index is 0.0115. The fourth-order valence-corrected chi connectivity index (χ4v) is 4.77. The zero-order valence-electron chi connectivity index (χ0n) is 16.6. The van der Waals surface area contributed by atoms with Crippen molar-refractivity contribution in [3.63, 3.8) is 0 Å². The lowest BCUT2D eigenvalue weighted by atomic mass is 10.0. The summed E-state index contributed by atoms with van der Waals surface area (Å²) < 4.78 is 27.9. The van der Waals surface area contributed by atoms with Gasteiger partial charge in [-0.3, -0.25) is 9.10 Å². The van der Waals surface area contributed by atoms with Crippen molar-refractivity contribution in [2.45, 2.75) is 37.6 Å². The maximum Gasteiger partial charge on any atom is 0.266 e. The Hall–Kier alpha value is -2.02. The van der Waals surface area contributed by atoms with Crippen LogP contribution >= 0.6 is 23.2 Å². The molecule has 0 unspecified atom stereocenters. The topological polar surface area (TPSA) is 66.5 Å². The van der Waals surface area contributed by atoms with E-state index in [2.05, 4.69) is 11.9 Å². The zero-order valence-corrected chi connectivity index (χ0v) is 18.9. The van der Waals surface area contributed by atoms with Crippen molar-refractivity contribution >= 4 is 44.8 Å². The summed E-state index contributed by atoms with van der Waals surface area (Å²) >= 11 is 12.4. The highest BCUT2D eigenvalue weighted by molar-refractivity contribution is 7.93. The molecule has 1 amide bonds. The third-order valence-corrected chi connectivity index (χ3v) is 7.09. The lowest BCUT2D eigenvalue weighted by molar-refractivity contribution is 0.0911. The number of carbonyl (C=O) groups is 1. The molecule has 0 aliphatic carbocycles. The Labute approximate surface area is 182 Å². The number of halogens is 2. The van der Waals surface area contributed by atoms with E-state index < -0.39 is 15.6 Å². The number of hydrogen-bond donors (Lipinski definition) is 1. The highest BCUT2D eigenvalue weighted by Crippen LogP contribution is 2.33. The zero-order chi connectivity index (χ0) is 21.8.